The van der Waals surface area contributed by atoms with Gasteiger partial charge in [0.15, 0.2) is 0 Å². The molecular weight excluding hydrogens is 292 g/mol. The highest BCUT2D eigenvalue weighted by atomic mass is 79.9. The second-order valence-electron chi connectivity index (χ2n) is 4.32. The number of anilines is 1. The number of hydrogen-bond donors (Lipinski definition) is 2. The summed E-state index contributed by atoms with van der Waals surface area (Å²) in [5, 5.41) is 5.96. The van der Waals surface area contributed by atoms with E-state index >= 15 is 0 Å². The largest absolute Gasteiger partial charge is 0.374 e. The molecule has 0 aromatic heterocycles. The van der Waals surface area contributed by atoms with Crippen LogP contribution in [0.25, 0.3) is 0 Å². The molecule has 0 aliphatic rings. The van der Waals surface area contributed by atoms with Crippen molar-refractivity contribution in [2.75, 3.05) is 11.9 Å². The third kappa shape index (κ3) is 3.88. The second kappa shape index (κ2) is 6.59. The van der Waals surface area contributed by atoms with Gasteiger partial charge in [-0.05, 0) is 44.0 Å². The van der Waals surface area contributed by atoms with Crippen molar-refractivity contribution in [3.05, 3.63) is 40.4 Å². The first kappa shape index (κ1) is 14.8. The molecule has 1 unspecified atom stereocenters. The van der Waals surface area contributed by atoms with E-state index in [0.717, 1.165) is 21.3 Å². The highest BCUT2D eigenvalue weighted by Gasteiger charge is 2.12. The van der Waals surface area contributed by atoms with Crippen LogP contribution < -0.4 is 10.6 Å². The molecule has 1 aromatic carbocycles. The van der Waals surface area contributed by atoms with Crippen LogP contribution >= 0.6 is 15.9 Å². The smallest absolute Gasteiger partial charge is 0.242 e. The molecule has 1 atom stereocenters. The van der Waals surface area contributed by atoms with Crippen molar-refractivity contribution < 1.29 is 4.79 Å². The molecule has 0 bridgehead atoms. The van der Waals surface area contributed by atoms with Gasteiger partial charge < -0.3 is 10.6 Å². The second-order valence-corrected chi connectivity index (χ2v) is 5.12. The number of amides is 1. The van der Waals surface area contributed by atoms with Crippen molar-refractivity contribution in [2.45, 2.75) is 26.8 Å². The fourth-order valence-corrected chi connectivity index (χ4v) is 1.90. The zero-order valence-electron chi connectivity index (χ0n) is 11.0. The Labute approximate surface area is 117 Å². The number of nitrogens with one attached hydrogen (secondary N) is 2. The number of carbonyl (C=O) groups excluding carboxylic acids is 1. The summed E-state index contributed by atoms with van der Waals surface area (Å²) >= 11 is 3.52. The van der Waals surface area contributed by atoms with E-state index in [0.29, 0.717) is 6.54 Å². The minimum Gasteiger partial charge on any atom is -0.374 e. The molecule has 98 valence electrons. The summed E-state index contributed by atoms with van der Waals surface area (Å²) < 4.78 is 1.11. The standard InChI is InChI=1S/C14H19BrN2O/c1-5-6-16-14(18)11(4)17-12-7-9(2)13(15)10(3)8-12/h5,7-8,11,17H,1,6H2,2-4H3,(H,16,18). The molecule has 0 spiro atoms. The van der Waals surface area contributed by atoms with Crippen LogP contribution in [0.1, 0.15) is 18.1 Å². The summed E-state index contributed by atoms with van der Waals surface area (Å²) in [7, 11) is 0. The van der Waals surface area contributed by atoms with Gasteiger partial charge >= 0.3 is 0 Å². The van der Waals surface area contributed by atoms with Crippen LogP contribution in [0.5, 0.6) is 0 Å². The Bertz CT molecular complexity index is 434. The molecular formula is C14H19BrN2O. The number of halogens is 1. The molecule has 0 saturated carbocycles. The van der Waals surface area contributed by atoms with E-state index in [4.69, 9.17) is 0 Å². The number of carbonyl (C=O) groups is 1. The Hall–Kier alpha value is -1.29. The molecule has 0 fully saturated rings. The van der Waals surface area contributed by atoms with Gasteiger partial charge in [-0.1, -0.05) is 22.0 Å². The Morgan fingerprint density at radius 2 is 2.00 bits per heavy atom. The lowest BCUT2D eigenvalue weighted by Crippen LogP contribution is -2.37. The van der Waals surface area contributed by atoms with Crippen molar-refractivity contribution in [1.29, 1.82) is 0 Å². The predicted molar refractivity (Wildman–Crippen MR) is 79.9 cm³/mol. The lowest BCUT2D eigenvalue weighted by atomic mass is 10.1. The van der Waals surface area contributed by atoms with Crippen molar-refractivity contribution in [2.24, 2.45) is 0 Å². The summed E-state index contributed by atoms with van der Waals surface area (Å²) in [6, 6.07) is 3.77. The SMILES string of the molecule is C=CCNC(=O)C(C)Nc1cc(C)c(Br)c(C)c1. The Balaban J connectivity index is 2.72. The summed E-state index contributed by atoms with van der Waals surface area (Å²) in [5.41, 5.74) is 3.25. The number of rotatable bonds is 5. The molecule has 1 rings (SSSR count). The number of aryl methyl sites for hydroxylation is 2. The van der Waals surface area contributed by atoms with Gasteiger partial charge in [-0.25, -0.2) is 0 Å². The fourth-order valence-electron chi connectivity index (χ4n) is 1.67. The topological polar surface area (TPSA) is 41.1 Å². The third-order valence-corrected chi connectivity index (χ3v) is 3.88. The number of hydrogen-bond acceptors (Lipinski definition) is 2. The van der Waals surface area contributed by atoms with Crippen LogP contribution in [-0.2, 0) is 4.79 Å². The third-order valence-electron chi connectivity index (χ3n) is 2.63. The summed E-state index contributed by atoms with van der Waals surface area (Å²) in [4.78, 5) is 11.7. The van der Waals surface area contributed by atoms with E-state index in [-0.39, 0.29) is 11.9 Å². The minimum atomic E-state index is -0.273. The van der Waals surface area contributed by atoms with Gasteiger partial charge in [-0.2, -0.15) is 0 Å². The average Bonchev–Trinajstić information content (AvgIpc) is 2.32. The number of benzene rings is 1. The van der Waals surface area contributed by atoms with E-state index < -0.39 is 0 Å². The first-order chi connectivity index (χ1) is 8.45. The molecule has 0 heterocycles. The molecule has 0 aliphatic carbocycles. The normalized spacial score (nSPS) is 11.8. The minimum absolute atomic E-state index is 0.0341. The van der Waals surface area contributed by atoms with Crippen LogP contribution in [-0.4, -0.2) is 18.5 Å². The first-order valence-electron chi connectivity index (χ1n) is 5.87. The molecule has 0 aliphatic heterocycles. The van der Waals surface area contributed by atoms with Gasteiger partial charge in [0.1, 0.15) is 6.04 Å². The Morgan fingerprint density at radius 1 is 1.44 bits per heavy atom. The molecule has 1 aromatic rings. The van der Waals surface area contributed by atoms with Crippen LogP contribution in [0, 0.1) is 13.8 Å². The Kier molecular flexibility index (Phi) is 5.41. The first-order valence-corrected chi connectivity index (χ1v) is 6.67. The summed E-state index contributed by atoms with van der Waals surface area (Å²) in [6.45, 7) is 9.96. The molecule has 0 saturated heterocycles. The van der Waals surface area contributed by atoms with Crippen LogP contribution in [0.3, 0.4) is 0 Å². The van der Waals surface area contributed by atoms with Crippen LogP contribution in [0.4, 0.5) is 5.69 Å². The quantitative estimate of drug-likeness (QED) is 0.820. The lowest BCUT2D eigenvalue weighted by Gasteiger charge is -2.16. The van der Waals surface area contributed by atoms with Gasteiger partial charge in [0.05, 0.1) is 0 Å². The maximum absolute atomic E-state index is 11.7. The molecule has 2 N–H and O–H groups in total. The van der Waals surface area contributed by atoms with Crippen molar-refractivity contribution in [3.8, 4) is 0 Å². The zero-order valence-corrected chi connectivity index (χ0v) is 12.6. The van der Waals surface area contributed by atoms with Gasteiger partial charge in [0.25, 0.3) is 0 Å². The highest BCUT2D eigenvalue weighted by Crippen LogP contribution is 2.25. The molecule has 3 nitrogen and oxygen atoms in total. The van der Waals surface area contributed by atoms with E-state index in [9.17, 15) is 4.79 Å². The average molecular weight is 311 g/mol. The van der Waals surface area contributed by atoms with Gasteiger partial charge in [-0.15, -0.1) is 6.58 Å². The fraction of sp³-hybridized carbons (Fsp3) is 0.357. The van der Waals surface area contributed by atoms with Crippen LogP contribution in [0.2, 0.25) is 0 Å². The Morgan fingerprint density at radius 3 is 2.50 bits per heavy atom. The monoisotopic (exact) mass is 310 g/mol. The van der Waals surface area contributed by atoms with Crippen molar-refractivity contribution in [1.82, 2.24) is 5.32 Å². The maximum Gasteiger partial charge on any atom is 0.242 e. The lowest BCUT2D eigenvalue weighted by molar-refractivity contribution is -0.121. The maximum atomic E-state index is 11.7. The van der Waals surface area contributed by atoms with E-state index in [1.807, 2.05) is 32.9 Å². The summed E-state index contributed by atoms with van der Waals surface area (Å²) in [5.74, 6) is -0.0341. The van der Waals surface area contributed by atoms with E-state index in [2.05, 4.69) is 33.1 Å². The van der Waals surface area contributed by atoms with Gasteiger partial charge in [0.2, 0.25) is 5.91 Å². The summed E-state index contributed by atoms with van der Waals surface area (Å²) in [6.07, 6.45) is 1.67. The molecule has 18 heavy (non-hydrogen) atoms. The highest BCUT2D eigenvalue weighted by molar-refractivity contribution is 9.10. The predicted octanol–water partition coefficient (Wildman–Crippen LogP) is 3.17. The van der Waals surface area contributed by atoms with Crippen molar-refractivity contribution in [3.63, 3.8) is 0 Å². The van der Waals surface area contributed by atoms with E-state index in [1.54, 1.807) is 6.08 Å². The molecule has 1 amide bonds. The zero-order chi connectivity index (χ0) is 13.7. The van der Waals surface area contributed by atoms with E-state index in [1.165, 1.54) is 0 Å². The van der Waals surface area contributed by atoms with Crippen LogP contribution in [0.15, 0.2) is 29.3 Å². The van der Waals surface area contributed by atoms with Gasteiger partial charge in [-0.3, -0.25) is 4.79 Å². The van der Waals surface area contributed by atoms with Gasteiger partial charge in [0, 0.05) is 16.7 Å². The van der Waals surface area contributed by atoms with Crippen molar-refractivity contribution >= 4 is 27.5 Å². The molecule has 4 heteroatoms. The molecule has 0 radical (unpaired) electrons.